The quantitative estimate of drug-likeness (QED) is 0.295. The molecule has 39 heavy (non-hydrogen) atoms. The predicted octanol–water partition coefficient (Wildman–Crippen LogP) is 6.69. The third-order valence-corrected chi connectivity index (χ3v) is 8.62. The number of fused-ring (bicyclic) bond motifs is 1. The summed E-state index contributed by atoms with van der Waals surface area (Å²) in [6.07, 6.45) is 1.65. The maximum Gasteiger partial charge on any atom is 0.349 e. The number of rotatable bonds is 7. The molecule has 3 atom stereocenters. The van der Waals surface area contributed by atoms with E-state index in [4.69, 9.17) is 0 Å². The molecule has 7 nitrogen and oxygen atoms in total. The van der Waals surface area contributed by atoms with Crippen molar-refractivity contribution in [1.29, 1.82) is 5.26 Å². The smallest absolute Gasteiger partial charge is 0.349 e. The van der Waals surface area contributed by atoms with Crippen LogP contribution in [0.4, 0.5) is 25.2 Å². The molecule has 212 valence electrons. The average Bonchev–Trinajstić information content (AvgIpc) is 2.89. The summed E-state index contributed by atoms with van der Waals surface area (Å²) in [5, 5.41) is 9.40. The second kappa shape index (κ2) is 9.45. The lowest BCUT2D eigenvalue weighted by Crippen LogP contribution is -2.59. The summed E-state index contributed by atoms with van der Waals surface area (Å²) in [7, 11) is -8.26. The fourth-order valence-corrected chi connectivity index (χ4v) is 6.12. The van der Waals surface area contributed by atoms with E-state index in [1.165, 1.54) is 16.7 Å². The number of aryl methyl sites for hydroxylation is 1. The summed E-state index contributed by atoms with van der Waals surface area (Å²) in [5.41, 5.74) is 0.816. The second-order valence-corrected chi connectivity index (χ2v) is 12.3. The topological polar surface area (TPSA) is 78.0 Å². The molecule has 0 amide bonds. The number of hydrogen-bond donors (Lipinski definition) is 0. The maximum absolute atomic E-state index is 13.6. The normalized spacial score (nSPS) is 21.3. The molecule has 1 unspecified atom stereocenters. The molecule has 1 aliphatic rings. The molecule has 0 radical (unpaired) electrons. The molecule has 1 aromatic carbocycles. The molecule has 13 heteroatoms. The Hall–Kier alpha value is -3.24. The number of anilines is 1. The summed E-state index contributed by atoms with van der Waals surface area (Å²) >= 11 is 0. The monoisotopic (exact) mass is 570 g/mol. The van der Waals surface area contributed by atoms with Gasteiger partial charge >= 0.3 is 15.9 Å². The van der Waals surface area contributed by atoms with Crippen molar-refractivity contribution in [2.45, 2.75) is 63.1 Å². The van der Waals surface area contributed by atoms with E-state index < -0.39 is 26.9 Å². The van der Waals surface area contributed by atoms with Crippen LogP contribution in [0.5, 0.6) is 0 Å². The minimum absolute atomic E-state index is 0.179. The summed E-state index contributed by atoms with van der Waals surface area (Å²) < 4.78 is 69.4. The first-order valence-corrected chi connectivity index (χ1v) is 14.7. The van der Waals surface area contributed by atoms with Crippen LogP contribution in [-0.4, -0.2) is 44.6 Å². The Morgan fingerprint density at radius 2 is 1.72 bits per heavy atom. The Morgan fingerprint density at radius 3 is 2.31 bits per heavy atom. The first kappa shape index (κ1) is 28.8. The summed E-state index contributed by atoms with van der Waals surface area (Å²) in [6.45, 7) is 6.52. The van der Waals surface area contributed by atoms with Crippen LogP contribution in [0, 0.1) is 11.3 Å². The van der Waals surface area contributed by atoms with Crippen LogP contribution < -0.4 is 10.6 Å². The number of nitrogens with zero attached hydrogens (tertiary/aromatic N) is 6. The van der Waals surface area contributed by atoms with Gasteiger partial charge in [-0.2, -0.15) is 10.2 Å². The summed E-state index contributed by atoms with van der Waals surface area (Å²) in [5.74, 6) is 0.353. The van der Waals surface area contributed by atoms with Gasteiger partial charge in [0.05, 0.1) is 5.52 Å². The van der Waals surface area contributed by atoms with E-state index in [2.05, 4.69) is 14.9 Å². The van der Waals surface area contributed by atoms with Gasteiger partial charge in [-0.3, -0.25) is 9.47 Å². The SMILES string of the molecule is CCC(c1cccc(S(F)(F)(F)(F)F)c1)N1C[C@H](CC)N(c2nc(=O)n(C)c3ccc(C#N)nc23)C[C@H]1CC. The van der Waals surface area contributed by atoms with Gasteiger partial charge in [-0.05, 0) is 49.1 Å². The first-order valence-electron chi connectivity index (χ1n) is 12.8. The highest BCUT2D eigenvalue weighted by molar-refractivity contribution is 8.45. The fourth-order valence-electron chi connectivity index (χ4n) is 5.42. The molecular weight excluding hydrogens is 539 g/mol. The van der Waals surface area contributed by atoms with Crippen molar-refractivity contribution in [1.82, 2.24) is 19.4 Å². The maximum atomic E-state index is 13.6. The average molecular weight is 571 g/mol. The number of pyridine rings is 1. The molecule has 0 spiro atoms. The lowest BCUT2D eigenvalue weighted by atomic mass is 9.95. The first-order chi connectivity index (χ1) is 18.1. The Kier molecular flexibility index (Phi) is 6.97. The second-order valence-electron chi connectivity index (χ2n) is 9.89. The van der Waals surface area contributed by atoms with E-state index in [-0.39, 0.29) is 23.3 Å². The van der Waals surface area contributed by atoms with Crippen molar-refractivity contribution in [3.63, 3.8) is 0 Å². The number of piperazine rings is 1. The number of benzene rings is 1. The Bertz CT molecular complexity index is 1500. The third kappa shape index (κ3) is 5.58. The molecule has 3 heterocycles. The number of hydrogen-bond acceptors (Lipinski definition) is 6. The van der Waals surface area contributed by atoms with Crippen LogP contribution in [-0.2, 0) is 7.05 Å². The zero-order valence-electron chi connectivity index (χ0n) is 22.1. The molecule has 1 aliphatic heterocycles. The lowest BCUT2D eigenvalue weighted by molar-refractivity contribution is 0.0894. The van der Waals surface area contributed by atoms with E-state index in [0.717, 1.165) is 6.07 Å². The van der Waals surface area contributed by atoms with Gasteiger partial charge in [0, 0.05) is 38.3 Å². The van der Waals surface area contributed by atoms with Crippen molar-refractivity contribution >= 4 is 27.1 Å². The van der Waals surface area contributed by atoms with Crippen LogP contribution in [0.3, 0.4) is 0 Å². The van der Waals surface area contributed by atoms with Crippen molar-refractivity contribution in [2.24, 2.45) is 7.05 Å². The van der Waals surface area contributed by atoms with E-state index in [0.29, 0.717) is 61.3 Å². The molecule has 0 aliphatic carbocycles. The minimum atomic E-state index is -9.84. The highest BCUT2D eigenvalue weighted by Crippen LogP contribution is 3.02. The van der Waals surface area contributed by atoms with Gasteiger partial charge in [0.2, 0.25) is 0 Å². The van der Waals surface area contributed by atoms with Gasteiger partial charge in [-0.15, -0.1) is 0 Å². The van der Waals surface area contributed by atoms with Gasteiger partial charge in [-0.25, -0.2) is 9.78 Å². The summed E-state index contributed by atoms with van der Waals surface area (Å²) in [6, 6.07) is 7.80. The van der Waals surface area contributed by atoms with Gasteiger partial charge in [0.15, 0.2) is 5.82 Å². The van der Waals surface area contributed by atoms with Crippen molar-refractivity contribution in [3.05, 3.63) is 58.1 Å². The number of nitriles is 1. The highest BCUT2D eigenvalue weighted by Gasteiger charge is 2.65. The number of aromatic nitrogens is 3. The van der Waals surface area contributed by atoms with Gasteiger partial charge in [0.1, 0.15) is 22.2 Å². The Balaban J connectivity index is 1.77. The summed E-state index contributed by atoms with van der Waals surface area (Å²) in [4.78, 5) is 23.7. The molecule has 0 saturated carbocycles. The van der Waals surface area contributed by atoms with E-state index in [1.54, 1.807) is 13.1 Å². The molecule has 1 fully saturated rings. The standard InChI is InChI=1S/C26H31F5N6OS/c1-5-19-16-37(25-24-23(35(4)26(38)34-25)12-11-18(14-32)33-24)20(6-2)15-36(19)22(7-3)17-9-8-10-21(13-17)39(27,28,29,30)31/h8-13,19-20,22H,5-7,15-16H2,1-4H3/t19-,20+,22?/m1/s1. The molecule has 3 aromatic rings. The third-order valence-electron chi connectivity index (χ3n) is 7.48. The van der Waals surface area contributed by atoms with Crippen LogP contribution in [0.1, 0.15) is 57.3 Å². The van der Waals surface area contributed by atoms with E-state index >= 15 is 0 Å². The fraction of sp³-hybridized carbons (Fsp3) is 0.462. The van der Waals surface area contributed by atoms with E-state index in [9.17, 15) is 29.5 Å². The molecule has 4 rings (SSSR count). The zero-order valence-corrected chi connectivity index (χ0v) is 22.9. The zero-order chi connectivity index (χ0) is 28.8. The van der Waals surface area contributed by atoms with Gasteiger partial charge in [0.25, 0.3) is 0 Å². The van der Waals surface area contributed by atoms with Gasteiger partial charge in [-0.1, -0.05) is 52.3 Å². The molecule has 0 bridgehead atoms. The largest absolute Gasteiger partial charge is 0.349 e. The van der Waals surface area contributed by atoms with Crippen LogP contribution in [0.15, 0.2) is 46.1 Å². The predicted molar refractivity (Wildman–Crippen MR) is 143 cm³/mol. The van der Waals surface area contributed by atoms with Crippen LogP contribution >= 0.6 is 10.2 Å². The Labute approximate surface area is 223 Å². The molecule has 0 N–H and O–H groups in total. The number of halogens is 5. The lowest BCUT2D eigenvalue weighted by Gasteiger charge is -2.50. The van der Waals surface area contributed by atoms with E-state index in [1.807, 2.05) is 31.7 Å². The minimum Gasteiger partial charge on any atom is -0.349 e. The van der Waals surface area contributed by atoms with Crippen molar-refractivity contribution in [3.8, 4) is 6.07 Å². The van der Waals surface area contributed by atoms with Crippen LogP contribution in [0.25, 0.3) is 11.0 Å². The molecule has 2 aromatic heterocycles. The van der Waals surface area contributed by atoms with Crippen molar-refractivity contribution < 1.29 is 19.4 Å². The van der Waals surface area contributed by atoms with Crippen molar-refractivity contribution in [2.75, 3.05) is 18.0 Å². The van der Waals surface area contributed by atoms with Crippen LogP contribution in [0.2, 0.25) is 0 Å². The molecule has 1 saturated heterocycles. The highest BCUT2D eigenvalue weighted by atomic mass is 32.5. The van der Waals surface area contributed by atoms with Gasteiger partial charge < -0.3 is 4.90 Å². The molecular formula is C26H31F5N6OS. The Morgan fingerprint density at radius 1 is 1.03 bits per heavy atom.